The third-order valence-electron chi connectivity index (χ3n) is 5.78. The first-order valence-corrected chi connectivity index (χ1v) is 10.4. The molecule has 0 fully saturated rings. The van der Waals surface area contributed by atoms with Gasteiger partial charge in [0.1, 0.15) is 11.5 Å². The molecular weight excluding hydrogens is 390 g/mol. The van der Waals surface area contributed by atoms with Gasteiger partial charge in [-0.15, -0.1) is 0 Å². The van der Waals surface area contributed by atoms with Crippen LogP contribution in [0.5, 0.6) is 0 Å². The minimum atomic E-state index is -0.243. The number of furan rings is 1. The number of nitrogens with zero attached hydrogens (tertiary/aromatic N) is 2. The number of benzene rings is 2. The Morgan fingerprint density at radius 1 is 1.03 bits per heavy atom. The highest BCUT2D eigenvalue weighted by atomic mass is 16.3. The number of para-hydroxylation sites is 1. The quantitative estimate of drug-likeness (QED) is 0.520. The third-order valence-corrected chi connectivity index (χ3v) is 5.78. The fraction of sp³-hybridized carbons (Fsp3) is 0.200. The van der Waals surface area contributed by atoms with Gasteiger partial charge in [0.05, 0.1) is 18.8 Å². The molecule has 6 nitrogen and oxygen atoms in total. The fourth-order valence-electron chi connectivity index (χ4n) is 4.25. The van der Waals surface area contributed by atoms with Crippen molar-refractivity contribution in [2.24, 2.45) is 0 Å². The lowest BCUT2D eigenvalue weighted by atomic mass is 10.1. The van der Waals surface area contributed by atoms with Crippen LogP contribution in [0.1, 0.15) is 28.2 Å². The summed E-state index contributed by atoms with van der Waals surface area (Å²) in [5, 5.41) is 3.94. The Kier molecular flexibility index (Phi) is 5.04. The fourth-order valence-corrected chi connectivity index (χ4v) is 4.25. The van der Waals surface area contributed by atoms with E-state index in [1.165, 1.54) is 0 Å². The van der Waals surface area contributed by atoms with Crippen LogP contribution < -0.4 is 5.32 Å². The number of carbonyl (C=O) groups excluding carboxylic acids is 2. The standard InChI is InChI=1S/C25H23N3O3/c29-24(26-15-21-10-6-12-31-21)14-20-17-28-22-11-5-4-9-19(22)13-23(28)25(30)27(20)16-18-7-2-1-3-8-18/h1-13,20H,14-17H2,(H,26,29)/t20-/m0/s1. The van der Waals surface area contributed by atoms with Gasteiger partial charge in [0.2, 0.25) is 5.91 Å². The number of hydrogen-bond donors (Lipinski definition) is 1. The molecule has 0 unspecified atom stereocenters. The van der Waals surface area contributed by atoms with Crippen LogP contribution in [0.2, 0.25) is 0 Å². The van der Waals surface area contributed by atoms with Crippen LogP contribution >= 0.6 is 0 Å². The summed E-state index contributed by atoms with van der Waals surface area (Å²) in [6.45, 7) is 1.38. The van der Waals surface area contributed by atoms with Crippen molar-refractivity contribution in [2.45, 2.75) is 32.1 Å². The average molecular weight is 413 g/mol. The van der Waals surface area contributed by atoms with Crippen LogP contribution in [0.3, 0.4) is 0 Å². The van der Waals surface area contributed by atoms with E-state index in [4.69, 9.17) is 4.42 Å². The van der Waals surface area contributed by atoms with Gasteiger partial charge in [-0.3, -0.25) is 9.59 Å². The van der Waals surface area contributed by atoms with Gasteiger partial charge in [0.25, 0.3) is 5.91 Å². The number of rotatable bonds is 6. The van der Waals surface area contributed by atoms with Gasteiger partial charge in [-0.2, -0.15) is 0 Å². The lowest BCUT2D eigenvalue weighted by molar-refractivity contribution is -0.122. The second-order valence-electron chi connectivity index (χ2n) is 7.83. The van der Waals surface area contributed by atoms with Crippen molar-refractivity contribution < 1.29 is 14.0 Å². The van der Waals surface area contributed by atoms with Crippen molar-refractivity contribution in [3.05, 3.63) is 96.1 Å². The van der Waals surface area contributed by atoms with Crippen molar-refractivity contribution >= 4 is 22.7 Å². The number of fused-ring (bicyclic) bond motifs is 3. The topological polar surface area (TPSA) is 67.5 Å². The molecule has 0 saturated carbocycles. The molecule has 2 aromatic heterocycles. The molecule has 3 heterocycles. The van der Waals surface area contributed by atoms with Crippen LogP contribution in [-0.4, -0.2) is 27.3 Å². The van der Waals surface area contributed by atoms with Gasteiger partial charge in [-0.25, -0.2) is 0 Å². The third kappa shape index (κ3) is 3.84. The minimum absolute atomic E-state index is 0.0462. The Morgan fingerprint density at radius 2 is 1.84 bits per heavy atom. The van der Waals surface area contributed by atoms with E-state index in [0.717, 1.165) is 16.5 Å². The number of nitrogens with one attached hydrogen (secondary N) is 1. The Balaban J connectivity index is 1.42. The first-order valence-electron chi connectivity index (χ1n) is 10.4. The molecule has 0 saturated heterocycles. The summed E-state index contributed by atoms with van der Waals surface area (Å²) in [6.07, 6.45) is 1.81. The maximum atomic E-state index is 13.5. The van der Waals surface area contributed by atoms with Gasteiger partial charge >= 0.3 is 0 Å². The molecule has 1 N–H and O–H groups in total. The summed E-state index contributed by atoms with van der Waals surface area (Å²) < 4.78 is 7.34. The van der Waals surface area contributed by atoms with Crippen LogP contribution in [0.4, 0.5) is 0 Å². The molecule has 1 atom stereocenters. The summed E-state index contributed by atoms with van der Waals surface area (Å²) in [5.74, 6) is 0.551. The molecule has 0 aliphatic carbocycles. The SMILES string of the molecule is O=C(C[C@H]1Cn2c(cc3ccccc32)C(=O)N1Cc1ccccc1)NCc1ccco1. The Hall–Kier alpha value is -3.80. The van der Waals surface area contributed by atoms with Crippen LogP contribution in [0.15, 0.2) is 83.5 Å². The molecule has 4 aromatic rings. The smallest absolute Gasteiger partial charge is 0.271 e. The molecule has 0 bridgehead atoms. The van der Waals surface area contributed by atoms with Gasteiger partial charge in [-0.05, 0) is 29.8 Å². The normalized spacial score (nSPS) is 15.8. The Labute approximate surface area is 180 Å². The zero-order valence-electron chi connectivity index (χ0n) is 17.0. The molecule has 0 radical (unpaired) electrons. The van der Waals surface area contributed by atoms with Gasteiger partial charge in [0, 0.05) is 30.4 Å². The van der Waals surface area contributed by atoms with E-state index in [0.29, 0.717) is 31.1 Å². The van der Waals surface area contributed by atoms with Crippen LogP contribution in [0, 0.1) is 0 Å². The number of hydrogen-bond acceptors (Lipinski definition) is 3. The highest BCUT2D eigenvalue weighted by molar-refractivity contribution is 6.00. The lowest BCUT2D eigenvalue weighted by Crippen LogP contribution is -2.49. The van der Waals surface area contributed by atoms with E-state index in [1.807, 2.05) is 76.2 Å². The molecule has 5 rings (SSSR count). The van der Waals surface area contributed by atoms with Gasteiger partial charge in [-0.1, -0.05) is 48.5 Å². The van der Waals surface area contributed by atoms with Gasteiger partial charge < -0.3 is 19.2 Å². The second kappa shape index (κ2) is 8.14. The predicted molar refractivity (Wildman–Crippen MR) is 117 cm³/mol. The maximum absolute atomic E-state index is 13.5. The summed E-state index contributed by atoms with van der Waals surface area (Å²) >= 11 is 0. The van der Waals surface area contributed by atoms with E-state index in [1.54, 1.807) is 12.3 Å². The zero-order chi connectivity index (χ0) is 21.2. The number of carbonyl (C=O) groups is 2. The highest BCUT2D eigenvalue weighted by Gasteiger charge is 2.34. The van der Waals surface area contributed by atoms with Crippen molar-refractivity contribution in [2.75, 3.05) is 0 Å². The Bertz CT molecular complexity index is 1210. The van der Waals surface area contributed by atoms with Gasteiger partial charge in [0.15, 0.2) is 0 Å². The van der Waals surface area contributed by atoms with E-state index < -0.39 is 0 Å². The molecule has 1 aliphatic rings. The first kappa shape index (κ1) is 19.2. The van der Waals surface area contributed by atoms with E-state index in [-0.39, 0.29) is 24.3 Å². The molecule has 156 valence electrons. The minimum Gasteiger partial charge on any atom is -0.467 e. The summed E-state index contributed by atoms with van der Waals surface area (Å²) in [4.78, 5) is 28.0. The molecule has 31 heavy (non-hydrogen) atoms. The zero-order valence-corrected chi connectivity index (χ0v) is 17.0. The van der Waals surface area contributed by atoms with Crippen LogP contribution in [-0.2, 0) is 24.4 Å². The summed E-state index contributed by atoms with van der Waals surface area (Å²) in [7, 11) is 0. The maximum Gasteiger partial charge on any atom is 0.271 e. The molecule has 6 heteroatoms. The summed E-state index contributed by atoms with van der Waals surface area (Å²) in [5.41, 5.74) is 2.73. The average Bonchev–Trinajstić information content (AvgIpc) is 3.44. The van der Waals surface area contributed by atoms with Crippen molar-refractivity contribution in [1.82, 2.24) is 14.8 Å². The highest BCUT2D eigenvalue weighted by Crippen LogP contribution is 2.29. The predicted octanol–water partition coefficient (Wildman–Crippen LogP) is 3.97. The van der Waals surface area contributed by atoms with E-state index >= 15 is 0 Å². The van der Waals surface area contributed by atoms with Crippen molar-refractivity contribution in [3.63, 3.8) is 0 Å². The molecular formula is C25H23N3O3. The molecule has 2 amide bonds. The summed E-state index contributed by atoms with van der Waals surface area (Å²) in [6, 6.07) is 23.2. The number of aromatic nitrogens is 1. The molecule has 0 spiro atoms. The largest absolute Gasteiger partial charge is 0.467 e. The monoisotopic (exact) mass is 413 g/mol. The second-order valence-corrected chi connectivity index (χ2v) is 7.83. The number of amides is 2. The van der Waals surface area contributed by atoms with Crippen LogP contribution in [0.25, 0.3) is 10.9 Å². The van der Waals surface area contributed by atoms with E-state index in [2.05, 4.69) is 5.32 Å². The van der Waals surface area contributed by atoms with Crippen molar-refractivity contribution in [1.29, 1.82) is 0 Å². The first-order chi connectivity index (χ1) is 15.2. The Morgan fingerprint density at radius 3 is 2.65 bits per heavy atom. The molecule has 1 aliphatic heterocycles. The van der Waals surface area contributed by atoms with E-state index in [9.17, 15) is 9.59 Å². The lowest BCUT2D eigenvalue weighted by Gasteiger charge is -2.36. The molecule has 2 aromatic carbocycles. The van der Waals surface area contributed by atoms with Crippen molar-refractivity contribution in [3.8, 4) is 0 Å².